The minimum atomic E-state index is -0.839. The van der Waals surface area contributed by atoms with Gasteiger partial charge in [0, 0.05) is 30.1 Å². The Morgan fingerprint density at radius 2 is 2.19 bits per heavy atom. The van der Waals surface area contributed by atoms with E-state index in [0.717, 1.165) is 42.8 Å². The number of nitrogens with one attached hydrogen (secondary N) is 3. The van der Waals surface area contributed by atoms with Gasteiger partial charge in [-0.2, -0.15) is 0 Å². The highest BCUT2D eigenvalue weighted by Gasteiger charge is 2.27. The fourth-order valence-corrected chi connectivity index (χ4v) is 5.04. The lowest BCUT2D eigenvalue weighted by molar-refractivity contribution is -0.142. The van der Waals surface area contributed by atoms with Crippen LogP contribution in [0.5, 0.6) is 0 Å². The summed E-state index contributed by atoms with van der Waals surface area (Å²) in [7, 11) is 1.30. The highest BCUT2D eigenvalue weighted by molar-refractivity contribution is 5.99. The number of imidazole rings is 2. The molecule has 1 unspecified atom stereocenters. The molecule has 1 aliphatic carbocycles. The zero-order valence-corrected chi connectivity index (χ0v) is 21.0. The second-order valence-electron chi connectivity index (χ2n) is 9.26. The van der Waals surface area contributed by atoms with Crippen molar-refractivity contribution in [2.75, 3.05) is 13.7 Å². The maximum atomic E-state index is 13.0. The Balaban J connectivity index is 1.32. The number of amides is 1. The lowest BCUT2D eigenvalue weighted by Crippen LogP contribution is -2.43. The van der Waals surface area contributed by atoms with Gasteiger partial charge in [0.25, 0.3) is 5.91 Å². The molecule has 3 N–H and O–H groups in total. The van der Waals surface area contributed by atoms with Crippen molar-refractivity contribution in [3.8, 4) is 0 Å². The van der Waals surface area contributed by atoms with E-state index < -0.39 is 12.0 Å². The first-order valence-corrected chi connectivity index (χ1v) is 12.6. The summed E-state index contributed by atoms with van der Waals surface area (Å²) in [5.41, 5.74) is 5.19. The molecule has 0 bridgehead atoms. The number of ether oxygens (including phenoxy) is 1. The molecule has 192 valence electrons. The number of benzene rings is 1. The van der Waals surface area contributed by atoms with Crippen molar-refractivity contribution in [3.05, 3.63) is 77.4 Å². The zero-order chi connectivity index (χ0) is 25.8. The van der Waals surface area contributed by atoms with Crippen molar-refractivity contribution in [1.29, 1.82) is 0 Å². The predicted molar refractivity (Wildman–Crippen MR) is 138 cm³/mol. The number of rotatable bonds is 9. The Hall–Kier alpha value is -4.05. The molecule has 1 aromatic carbocycles. The molecule has 10 heteroatoms. The van der Waals surface area contributed by atoms with Crippen molar-refractivity contribution in [1.82, 2.24) is 35.1 Å². The van der Waals surface area contributed by atoms with Crippen LogP contribution < -0.4 is 5.32 Å². The van der Waals surface area contributed by atoms with Gasteiger partial charge in [0.2, 0.25) is 0 Å². The molecule has 0 saturated carbocycles. The number of aromatic nitrogens is 5. The van der Waals surface area contributed by atoms with E-state index in [2.05, 4.69) is 38.2 Å². The quantitative estimate of drug-likeness (QED) is 0.301. The summed E-state index contributed by atoms with van der Waals surface area (Å²) in [5.74, 6) is -0.0601. The minimum absolute atomic E-state index is 0.249. The number of pyridine rings is 1. The van der Waals surface area contributed by atoms with Gasteiger partial charge in [0.05, 0.1) is 42.8 Å². The molecular weight excluding hydrogens is 470 g/mol. The first-order valence-electron chi connectivity index (χ1n) is 12.6. The Bertz CT molecular complexity index is 1380. The van der Waals surface area contributed by atoms with E-state index in [9.17, 15) is 9.59 Å². The summed E-state index contributed by atoms with van der Waals surface area (Å²) in [6.45, 7) is 3.68. The number of carbonyl (C=O) groups excluding carboxylic acids is 2. The third-order valence-electron chi connectivity index (χ3n) is 6.93. The number of esters is 1. The summed E-state index contributed by atoms with van der Waals surface area (Å²) in [6, 6.07) is 8.91. The fraction of sp³-hybridized carbons (Fsp3) is 0.370. The smallest absolute Gasteiger partial charge is 0.328 e. The van der Waals surface area contributed by atoms with Crippen molar-refractivity contribution in [3.63, 3.8) is 0 Å². The summed E-state index contributed by atoms with van der Waals surface area (Å²) < 4.78 is 4.88. The van der Waals surface area contributed by atoms with Crippen molar-refractivity contribution in [2.45, 2.75) is 51.2 Å². The molecule has 0 saturated heterocycles. The van der Waals surface area contributed by atoms with Crippen molar-refractivity contribution >= 4 is 22.9 Å². The fourth-order valence-electron chi connectivity index (χ4n) is 5.04. The highest BCUT2D eigenvalue weighted by Crippen LogP contribution is 2.33. The Morgan fingerprint density at radius 1 is 1.30 bits per heavy atom. The largest absolute Gasteiger partial charge is 0.467 e. The molecule has 0 spiro atoms. The van der Waals surface area contributed by atoms with Crippen LogP contribution in [-0.4, -0.2) is 61.4 Å². The molecule has 0 aliphatic heterocycles. The van der Waals surface area contributed by atoms with Gasteiger partial charge in [-0.15, -0.1) is 0 Å². The van der Waals surface area contributed by atoms with E-state index >= 15 is 0 Å². The number of carbonyl (C=O) groups is 2. The van der Waals surface area contributed by atoms with Gasteiger partial charge in [-0.25, -0.2) is 14.8 Å². The number of nitrogens with zero attached hydrogens (tertiary/aromatic N) is 4. The topological polar surface area (TPSA) is 129 Å². The standard InChI is InChI=1S/C27H31N7O3/c1-3-34(23-8-4-6-17-7-5-11-29-25(17)23)15-24-31-20-10-9-18(12-21(20)32-24)26(35)33-22(27(36)37-2)13-19-14-28-16-30-19/h5,7,9-12,14,16,22-23H,3-4,6,8,13,15H2,1-2H3,(H,28,30)(H,31,32)(H,33,35)/t22-,23?/m1/s1. The van der Waals surface area contributed by atoms with Crippen LogP contribution in [-0.2, 0) is 28.9 Å². The van der Waals surface area contributed by atoms with Gasteiger partial charge in [0.15, 0.2) is 0 Å². The van der Waals surface area contributed by atoms with Crippen molar-refractivity contribution in [2.24, 2.45) is 0 Å². The Labute approximate surface area is 214 Å². The molecule has 1 amide bonds. The van der Waals surface area contributed by atoms with E-state index in [-0.39, 0.29) is 18.4 Å². The monoisotopic (exact) mass is 501 g/mol. The van der Waals surface area contributed by atoms with Crippen LogP contribution in [0.25, 0.3) is 11.0 Å². The first-order chi connectivity index (χ1) is 18.1. The SMILES string of the molecule is CCN(Cc1nc2cc(C(=O)N[C@H](Cc3cnc[nH]3)C(=O)OC)ccc2[nH]1)C1CCCc2cccnc21. The number of methoxy groups -OCH3 is 1. The lowest BCUT2D eigenvalue weighted by Gasteiger charge is -2.33. The van der Waals surface area contributed by atoms with Gasteiger partial charge in [-0.3, -0.25) is 14.7 Å². The molecule has 37 heavy (non-hydrogen) atoms. The highest BCUT2D eigenvalue weighted by atomic mass is 16.5. The molecule has 4 aromatic rings. The third kappa shape index (κ3) is 5.39. The predicted octanol–water partition coefficient (Wildman–Crippen LogP) is 3.09. The van der Waals surface area contributed by atoms with Crippen LogP contribution >= 0.6 is 0 Å². The number of aryl methyl sites for hydroxylation is 1. The molecule has 0 fully saturated rings. The first kappa shape index (κ1) is 24.6. The average Bonchev–Trinajstić information content (AvgIpc) is 3.59. The van der Waals surface area contributed by atoms with Crippen LogP contribution in [0.3, 0.4) is 0 Å². The van der Waals surface area contributed by atoms with Gasteiger partial charge in [-0.05, 0) is 55.6 Å². The zero-order valence-electron chi connectivity index (χ0n) is 21.0. The van der Waals surface area contributed by atoms with Crippen LogP contribution in [0.2, 0.25) is 0 Å². The van der Waals surface area contributed by atoms with E-state index in [1.54, 1.807) is 18.3 Å². The summed E-state index contributed by atoms with van der Waals surface area (Å²) in [5, 5.41) is 2.77. The Kier molecular flexibility index (Phi) is 7.27. The van der Waals surface area contributed by atoms with E-state index in [0.29, 0.717) is 17.6 Å². The van der Waals surface area contributed by atoms with E-state index in [1.165, 1.54) is 24.7 Å². The van der Waals surface area contributed by atoms with Gasteiger partial charge in [-0.1, -0.05) is 13.0 Å². The minimum Gasteiger partial charge on any atom is -0.467 e. The summed E-state index contributed by atoms with van der Waals surface area (Å²) in [4.78, 5) is 47.4. The summed E-state index contributed by atoms with van der Waals surface area (Å²) in [6.07, 6.45) is 8.55. The van der Waals surface area contributed by atoms with Gasteiger partial charge >= 0.3 is 5.97 Å². The molecule has 10 nitrogen and oxygen atoms in total. The van der Waals surface area contributed by atoms with Crippen LogP contribution in [0.1, 0.15) is 58.9 Å². The molecule has 3 aromatic heterocycles. The normalized spacial score (nSPS) is 15.9. The van der Waals surface area contributed by atoms with Crippen molar-refractivity contribution < 1.29 is 14.3 Å². The lowest BCUT2D eigenvalue weighted by atomic mass is 9.91. The van der Waals surface area contributed by atoms with Gasteiger partial charge in [0.1, 0.15) is 11.9 Å². The maximum absolute atomic E-state index is 13.0. The van der Waals surface area contributed by atoms with Gasteiger partial charge < -0.3 is 20.0 Å². The summed E-state index contributed by atoms with van der Waals surface area (Å²) >= 11 is 0. The van der Waals surface area contributed by atoms with Crippen LogP contribution in [0.15, 0.2) is 49.1 Å². The van der Waals surface area contributed by atoms with E-state index in [1.807, 2.05) is 18.3 Å². The molecule has 1 aliphatic rings. The maximum Gasteiger partial charge on any atom is 0.328 e. The molecule has 0 radical (unpaired) electrons. The third-order valence-corrected chi connectivity index (χ3v) is 6.93. The number of aromatic amines is 2. The molecule has 5 rings (SSSR count). The number of fused-ring (bicyclic) bond motifs is 2. The second-order valence-corrected chi connectivity index (χ2v) is 9.26. The molecule has 2 atom stereocenters. The number of hydrogen-bond acceptors (Lipinski definition) is 7. The Morgan fingerprint density at radius 3 is 2.97 bits per heavy atom. The molecule has 3 heterocycles. The van der Waals surface area contributed by atoms with Crippen LogP contribution in [0, 0.1) is 0 Å². The molecular formula is C27H31N7O3. The second kappa shape index (κ2) is 10.9. The van der Waals surface area contributed by atoms with Crippen LogP contribution in [0.4, 0.5) is 0 Å². The van der Waals surface area contributed by atoms with E-state index in [4.69, 9.17) is 14.7 Å². The number of hydrogen-bond donors (Lipinski definition) is 3. The number of H-pyrrole nitrogens is 2. The average molecular weight is 502 g/mol.